The number of hydrogen-bond acceptors (Lipinski definition) is 4. The number of rotatable bonds is 4. The smallest absolute Gasteiger partial charge is 0.283 e. The van der Waals surface area contributed by atoms with Crippen LogP contribution in [0, 0.1) is 18.2 Å². The van der Waals surface area contributed by atoms with Gasteiger partial charge in [-0.05, 0) is 43.3 Å². The summed E-state index contributed by atoms with van der Waals surface area (Å²) in [6.07, 6.45) is 2.42. The molecule has 0 aliphatic carbocycles. The van der Waals surface area contributed by atoms with E-state index in [4.69, 9.17) is 5.41 Å². The minimum absolute atomic E-state index is 0.0151. The maximum absolute atomic E-state index is 14.3. The summed E-state index contributed by atoms with van der Waals surface area (Å²) < 4.78 is 16.4. The third-order valence-corrected chi connectivity index (χ3v) is 6.71. The summed E-state index contributed by atoms with van der Waals surface area (Å²) in [7, 11) is 0. The Bertz CT molecular complexity index is 1380. The molecule has 8 heteroatoms. The lowest BCUT2D eigenvalue weighted by atomic mass is 10.1. The van der Waals surface area contributed by atoms with Crippen molar-refractivity contribution in [2.24, 2.45) is 10.1 Å². The van der Waals surface area contributed by atoms with Crippen LogP contribution in [0.5, 0.6) is 0 Å². The van der Waals surface area contributed by atoms with Crippen LogP contribution in [0.15, 0.2) is 64.2 Å². The molecule has 1 amide bonds. The largest absolute Gasteiger partial charge is 0.340 e. The second-order valence-electron chi connectivity index (χ2n) is 7.56. The lowest BCUT2D eigenvalue weighted by molar-refractivity contribution is -0.114. The second kappa shape index (κ2) is 7.87. The molecule has 0 bridgehead atoms. The number of halogens is 1. The van der Waals surface area contributed by atoms with E-state index >= 15 is 0 Å². The Hall–Kier alpha value is -3.52. The summed E-state index contributed by atoms with van der Waals surface area (Å²) in [5.41, 5.74) is 3.40. The lowest BCUT2D eigenvalue weighted by Gasteiger charge is -2.20. The Morgan fingerprint density at radius 2 is 1.91 bits per heavy atom. The van der Waals surface area contributed by atoms with Gasteiger partial charge in [-0.1, -0.05) is 43.3 Å². The quantitative estimate of drug-likeness (QED) is 0.563. The highest BCUT2D eigenvalue weighted by molar-refractivity contribution is 8.26. The fraction of sp³-hybridized carbons (Fsp3) is 0.167. The zero-order valence-corrected chi connectivity index (χ0v) is 18.4. The standard InChI is InChI=1S/C24H20FN5OS/c1-3-21-28-30-22(26)18(23(31)27-24(30)32-21)12-17-14(2)29(20-11-7-5-9-16(17)20)13-15-8-4-6-10-19(15)25/h4-12,26H,3,13H2,1-2H3/b18-12+,26-22?. The van der Waals surface area contributed by atoms with E-state index in [1.807, 2.05) is 48.7 Å². The van der Waals surface area contributed by atoms with Crippen molar-refractivity contribution in [3.05, 3.63) is 76.7 Å². The summed E-state index contributed by atoms with van der Waals surface area (Å²) >= 11 is 1.32. The van der Waals surface area contributed by atoms with Gasteiger partial charge in [-0.25, -0.2) is 4.39 Å². The van der Waals surface area contributed by atoms with Crippen LogP contribution in [0.25, 0.3) is 17.0 Å². The molecule has 2 aromatic carbocycles. The summed E-state index contributed by atoms with van der Waals surface area (Å²) in [6, 6.07) is 14.5. The van der Waals surface area contributed by atoms with E-state index in [1.165, 1.54) is 22.8 Å². The third-order valence-electron chi connectivity index (χ3n) is 5.65. The number of carbonyl (C=O) groups excluding carboxylic acids is 1. The maximum atomic E-state index is 14.3. The fourth-order valence-electron chi connectivity index (χ4n) is 3.96. The van der Waals surface area contributed by atoms with E-state index < -0.39 is 5.91 Å². The van der Waals surface area contributed by atoms with Crippen LogP contribution >= 0.6 is 11.8 Å². The average molecular weight is 446 g/mol. The number of amides is 1. The molecular formula is C24H20FN5OS. The van der Waals surface area contributed by atoms with Crippen molar-refractivity contribution in [2.75, 3.05) is 0 Å². The molecule has 32 heavy (non-hydrogen) atoms. The number of carbonyl (C=O) groups is 1. The van der Waals surface area contributed by atoms with Crippen LogP contribution in [0.3, 0.4) is 0 Å². The molecule has 0 saturated carbocycles. The Labute approximate surface area is 188 Å². The number of aromatic nitrogens is 1. The van der Waals surface area contributed by atoms with Crippen molar-refractivity contribution in [1.82, 2.24) is 9.58 Å². The van der Waals surface area contributed by atoms with E-state index in [9.17, 15) is 9.18 Å². The number of nitrogens with zero attached hydrogens (tertiary/aromatic N) is 4. The van der Waals surface area contributed by atoms with Crippen LogP contribution in [0.2, 0.25) is 0 Å². The summed E-state index contributed by atoms with van der Waals surface area (Å²) in [5, 5.41) is 16.6. The molecule has 0 fully saturated rings. The summed E-state index contributed by atoms with van der Waals surface area (Å²) in [5.74, 6) is -0.695. The van der Waals surface area contributed by atoms with Gasteiger partial charge in [-0.15, -0.1) is 0 Å². The Balaban J connectivity index is 1.63. The SMILES string of the molecule is CCC1=NN2C(=N)/C(=C\c3c(C)n(Cc4ccccc4F)c4ccccc34)C(=O)N=C2S1. The minimum Gasteiger partial charge on any atom is -0.340 e. The summed E-state index contributed by atoms with van der Waals surface area (Å²) in [6.45, 7) is 4.28. The molecule has 0 atom stereocenters. The molecule has 3 heterocycles. The van der Waals surface area contributed by atoms with Crippen LogP contribution in [-0.2, 0) is 11.3 Å². The van der Waals surface area contributed by atoms with Crippen molar-refractivity contribution >= 4 is 50.7 Å². The number of fused-ring (bicyclic) bond motifs is 2. The minimum atomic E-state index is -0.452. The number of nitrogens with one attached hydrogen (secondary N) is 1. The lowest BCUT2D eigenvalue weighted by Crippen LogP contribution is -2.35. The molecule has 2 aliphatic heterocycles. The highest BCUT2D eigenvalue weighted by atomic mass is 32.2. The summed E-state index contributed by atoms with van der Waals surface area (Å²) in [4.78, 5) is 16.9. The van der Waals surface area contributed by atoms with Crippen molar-refractivity contribution < 1.29 is 9.18 Å². The van der Waals surface area contributed by atoms with Crippen LogP contribution in [0.4, 0.5) is 4.39 Å². The van der Waals surface area contributed by atoms with Crippen LogP contribution in [-0.4, -0.2) is 31.5 Å². The number of hydrazone groups is 1. The molecule has 0 radical (unpaired) electrons. The predicted molar refractivity (Wildman–Crippen MR) is 127 cm³/mol. The number of aliphatic imine (C=N–C) groups is 1. The molecule has 0 unspecified atom stereocenters. The van der Waals surface area contributed by atoms with E-state index in [0.717, 1.165) is 27.2 Å². The molecule has 2 aliphatic rings. The van der Waals surface area contributed by atoms with Gasteiger partial charge < -0.3 is 4.57 Å². The van der Waals surface area contributed by atoms with Gasteiger partial charge in [0.25, 0.3) is 5.91 Å². The van der Waals surface area contributed by atoms with Gasteiger partial charge in [0.15, 0.2) is 5.84 Å². The van der Waals surface area contributed by atoms with Gasteiger partial charge in [0.1, 0.15) is 10.9 Å². The van der Waals surface area contributed by atoms with Gasteiger partial charge in [0.05, 0.1) is 12.1 Å². The molecular weight excluding hydrogens is 425 g/mol. The first kappa shape index (κ1) is 20.4. The Kier molecular flexibility index (Phi) is 5.01. The van der Waals surface area contributed by atoms with E-state index in [0.29, 0.717) is 23.7 Å². The molecule has 3 aromatic rings. The Morgan fingerprint density at radius 3 is 2.69 bits per heavy atom. The van der Waals surface area contributed by atoms with E-state index in [1.54, 1.807) is 18.2 Å². The van der Waals surface area contributed by atoms with Crippen molar-refractivity contribution in [3.8, 4) is 0 Å². The molecule has 1 N–H and O–H groups in total. The van der Waals surface area contributed by atoms with Crippen LogP contribution in [0.1, 0.15) is 30.2 Å². The maximum Gasteiger partial charge on any atom is 0.283 e. The van der Waals surface area contributed by atoms with Crippen molar-refractivity contribution in [1.29, 1.82) is 5.41 Å². The topological polar surface area (TPSA) is 73.8 Å². The second-order valence-corrected chi connectivity index (χ2v) is 8.60. The first-order valence-corrected chi connectivity index (χ1v) is 11.1. The highest BCUT2D eigenvalue weighted by Crippen LogP contribution is 2.33. The third kappa shape index (κ3) is 3.27. The molecule has 5 rings (SSSR count). The average Bonchev–Trinajstić information content (AvgIpc) is 3.32. The van der Waals surface area contributed by atoms with Gasteiger partial charge in [-0.2, -0.15) is 15.1 Å². The zero-order valence-electron chi connectivity index (χ0n) is 17.6. The van der Waals surface area contributed by atoms with Crippen LogP contribution < -0.4 is 0 Å². The molecule has 1 aromatic heterocycles. The van der Waals surface area contributed by atoms with Gasteiger partial charge in [0, 0.05) is 27.7 Å². The van der Waals surface area contributed by atoms with Gasteiger partial charge in [0.2, 0.25) is 5.17 Å². The van der Waals surface area contributed by atoms with Crippen molar-refractivity contribution in [2.45, 2.75) is 26.8 Å². The number of thioether (sulfide) groups is 1. The molecule has 0 spiro atoms. The van der Waals surface area contributed by atoms with Crippen molar-refractivity contribution in [3.63, 3.8) is 0 Å². The van der Waals surface area contributed by atoms with E-state index in [2.05, 4.69) is 10.1 Å². The molecule has 160 valence electrons. The fourth-order valence-corrected chi connectivity index (χ4v) is 4.78. The van der Waals surface area contributed by atoms with Gasteiger partial charge >= 0.3 is 0 Å². The first-order chi connectivity index (χ1) is 15.5. The highest BCUT2D eigenvalue weighted by Gasteiger charge is 2.35. The molecule has 6 nitrogen and oxygen atoms in total. The Morgan fingerprint density at radius 1 is 1.16 bits per heavy atom. The zero-order chi connectivity index (χ0) is 22.4. The van der Waals surface area contributed by atoms with Gasteiger partial charge in [-0.3, -0.25) is 10.2 Å². The number of benzene rings is 2. The number of para-hydroxylation sites is 1. The first-order valence-electron chi connectivity index (χ1n) is 10.3. The number of hydrogen-bond donors (Lipinski definition) is 1. The number of amidine groups is 2. The normalized spacial score (nSPS) is 17.2. The molecule has 0 saturated heterocycles. The van der Waals surface area contributed by atoms with E-state index in [-0.39, 0.29) is 17.2 Å². The monoisotopic (exact) mass is 445 g/mol. The predicted octanol–water partition coefficient (Wildman–Crippen LogP) is 5.17.